The number of nitro groups is 1. The summed E-state index contributed by atoms with van der Waals surface area (Å²) in [6.45, 7) is 0.171. The number of phenols is 1. The molecule has 0 spiro atoms. The highest BCUT2D eigenvalue weighted by Gasteiger charge is 2.61. The standard InChI is InChI=1S/C31H30BrN5O6/c32-22-15-35(34-29(22)37(40)41)31-12-18-7-19(13-31)11-30(10-18,16-31)14-28(39)36-24(21-3-1-2-4-25(21)38)9-23(33-36)20-5-6-26-27(8-20)43-17-42-26/h1-6,8,15,18-19,24,38H,7,9-14,16-17H2/t18-,19-,24-,30?,31?/m0/s1. The van der Waals surface area contributed by atoms with E-state index in [1.165, 1.54) is 0 Å². The Labute approximate surface area is 255 Å². The number of amides is 1. The van der Waals surface area contributed by atoms with Crippen LogP contribution in [0.2, 0.25) is 0 Å². The van der Waals surface area contributed by atoms with Crippen molar-refractivity contribution < 1.29 is 24.3 Å². The third kappa shape index (κ3) is 4.32. The molecule has 3 heterocycles. The molecule has 12 heteroatoms. The van der Waals surface area contributed by atoms with Crippen molar-refractivity contribution in [1.82, 2.24) is 14.8 Å². The average Bonchev–Trinajstić information content (AvgIpc) is 3.70. The van der Waals surface area contributed by atoms with Gasteiger partial charge in [-0.1, -0.05) is 18.2 Å². The maximum atomic E-state index is 14.4. The van der Waals surface area contributed by atoms with Gasteiger partial charge >= 0.3 is 5.82 Å². The largest absolute Gasteiger partial charge is 0.508 e. The van der Waals surface area contributed by atoms with Crippen LogP contribution in [0.3, 0.4) is 0 Å². The number of ether oxygens (including phenoxy) is 2. The number of fused-ring (bicyclic) bond motifs is 1. The van der Waals surface area contributed by atoms with Crippen LogP contribution in [-0.4, -0.2) is 43.2 Å². The number of hydrogen-bond donors (Lipinski definition) is 1. The quantitative estimate of drug-likeness (QED) is 0.254. The third-order valence-electron chi connectivity index (χ3n) is 10.2. The molecule has 222 valence electrons. The van der Waals surface area contributed by atoms with E-state index in [0.29, 0.717) is 46.2 Å². The first-order chi connectivity index (χ1) is 20.7. The molecule has 3 aromatic rings. The molecule has 4 aliphatic carbocycles. The van der Waals surface area contributed by atoms with Gasteiger partial charge in [0, 0.05) is 24.0 Å². The van der Waals surface area contributed by atoms with E-state index in [9.17, 15) is 20.0 Å². The lowest BCUT2D eigenvalue weighted by Crippen LogP contribution is -2.57. The number of phenolic OH excluding ortho intramolecular Hbond substituents is 1. The highest BCUT2D eigenvalue weighted by Crippen LogP contribution is 2.65. The average molecular weight is 649 g/mol. The zero-order chi connectivity index (χ0) is 29.5. The minimum atomic E-state index is -0.456. The number of rotatable bonds is 6. The van der Waals surface area contributed by atoms with Gasteiger partial charge in [0.25, 0.3) is 0 Å². The minimum Gasteiger partial charge on any atom is -0.508 e. The summed E-state index contributed by atoms with van der Waals surface area (Å²) >= 11 is 3.34. The molecule has 6 aliphatic rings. The van der Waals surface area contributed by atoms with Crippen molar-refractivity contribution in [2.45, 2.75) is 62.9 Å². The lowest BCUT2D eigenvalue weighted by molar-refractivity contribution is -0.390. The molecule has 0 unspecified atom stereocenters. The van der Waals surface area contributed by atoms with E-state index in [1.807, 2.05) is 35.0 Å². The smallest absolute Gasteiger partial charge is 0.404 e. The summed E-state index contributed by atoms with van der Waals surface area (Å²) in [4.78, 5) is 25.5. The van der Waals surface area contributed by atoms with Gasteiger partial charge in [0.05, 0.1) is 28.6 Å². The predicted molar refractivity (Wildman–Crippen MR) is 158 cm³/mol. The summed E-state index contributed by atoms with van der Waals surface area (Å²) < 4.78 is 13.3. The first kappa shape index (κ1) is 26.7. The fourth-order valence-corrected chi connectivity index (χ4v) is 9.41. The molecule has 2 aliphatic heterocycles. The van der Waals surface area contributed by atoms with Crippen molar-refractivity contribution in [3.8, 4) is 17.2 Å². The number of carbonyl (C=O) groups excluding carboxylic acids is 1. The van der Waals surface area contributed by atoms with Gasteiger partial charge < -0.3 is 24.7 Å². The molecule has 1 amide bonds. The second kappa shape index (κ2) is 9.54. The molecule has 3 atom stereocenters. The summed E-state index contributed by atoms with van der Waals surface area (Å²) in [5.74, 6) is 2.09. The van der Waals surface area contributed by atoms with Crippen molar-refractivity contribution >= 4 is 33.4 Å². The summed E-state index contributed by atoms with van der Waals surface area (Å²) in [6, 6.07) is 12.3. The van der Waals surface area contributed by atoms with E-state index < -0.39 is 11.0 Å². The second-order valence-corrected chi connectivity index (χ2v) is 13.9. The van der Waals surface area contributed by atoms with E-state index in [-0.39, 0.29) is 35.2 Å². The zero-order valence-electron chi connectivity index (χ0n) is 23.3. The maximum absolute atomic E-state index is 14.4. The van der Waals surface area contributed by atoms with Crippen molar-refractivity contribution in [2.24, 2.45) is 22.4 Å². The summed E-state index contributed by atoms with van der Waals surface area (Å²) in [5.41, 5.74) is 1.67. The van der Waals surface area contributed by atoms with Crippen LogP contribution in [0.5, 0.6) is 17.2 Å². The SMILES string of the molecule is O=C(CC12C[C@@H]3C[C@@H](C1)CC(n1cc(Br)c([N+](=O)[O-])n1)(C3)C2)N1N=C(c2ccc3c(c2)OCO3)C[C@H]1c1ccccc1O. The zero-order valence-corrected chi connectivity index (χ0v) is 24.9. The minimum absolute atomic E-state index is 0.0753. The number of hydrogen-bond acceptors (Lipinski definition) is 8. The van der Waals surface area contributed by atoms with Gasteiger partial charge in [-0.2, -0.15) is 9.78 Å². The Kier molecular flexibility index (Phi) is 5.92. The van der Waals surface area contributed by atoms with E-state index in [1.54, 1.807) is 23.3 Å². The van der Waals surface area contributed by atoms with Gasteiger partial charge in [-0.25, -0.2) is 5.01 Å². The lowest BCUT2D eigenvalue weighted by atomic mass is 9.46. The van der Waals surface area contributed by atoms with Crippen LogP contribution in [0.4, 0.5) is 5.82 Å². The molecule has 11 nitrogen and oxygen atoms in total. The Bertz CT molecular complexity index is 1690. The molecule has 0 radical (unpaired) electrons. The van der Waals surface area contributed by atoms with Gasteiger partial charge in [0.1, 0.15) is 10.2 Å². The number of aromatic hydroxyl groups is 1. The van der Waals surface area contributed by atoms with Crippen LogP contribution >= 0.6 is 15.9 Å². The number of halogens is 1. The molecule has 43 heavy (non-hydrogen) atoms. The van der Waals surface area contributed by atoms with Crippen LogP contribution in [0.15, 0.2) is 58.2 Å². The maximum Gasteiger partial charge on any atom is 0.404 e. The Morgan fingerprint density at radius 1 is 1.12 bits per heavy atom. The number of para-hydroxylation sites is 1. The van der Waals surface area contributed by atoms with Crippen LogP contribution in [0.1, 0.15) is 68.5 Å². The van der Waals surface area contributed by atoms with Crippen LogP contribution < -0.4 is 9.47 Å². The van der Waals surface area contributed by atoms with Crippen LogP contribution in [0, 0.1) is 27.4 Å². The van der Waals surface area contributed by atoms with Crippen molar-refractivity contribution in [2.75, 3.05) is 6.79 Å². The molecule has 2 aromatic carbocycles. The summed E-state index contributed by atoms with van der Waals surface area (Å²) in [6.07, 6.45) is 8.14. The number of nitrogens with zero attached hydrogens (tertiary/aromatic N) is 5. The monoisotopic (exact) mass is 647 g/mol. The van der Waals surface area contributed by atoms with Gasteiger partial charge in [0.2, 0.25) is 12.7 Å². The number of carbonyl (C=O) groups is 1. The molecule has 9 rings (SSSR count). The highest BCUT2D eigenvalue weighted by atomic mass is 79.9. The van der Waals surface area contributed by atoms with Gasteiger partial charge in [-0.3, -0.25) is 4.79 Å². The summed E-state index contributed by atoms with van der Waals surface area (Å²) in [7, 11) is 0. The van der Waals surface area contributed by atoms with Crippen molar-refractivity contribution in [3.63, 3.8) is 0 Å². The fraction of sp³-hybridized carbons (Fsp3) is 0.452. The third-order valence-corrected chi connectivity index (χ3v) is 10.7. The Morgan fingerprint density at radius 2 is 1.88 bits per heavy atom. The molecule has 1 N–H and O–H groups in total. The molecule has 4 bridgehead atoms. The molecule has 1 aromatic heterocycles. The van der Waals surface area contributed by atoms with E-state index in [4.69, 9.17) is 14.6 Å². The Balaban J connectivity index is 1.12. The van der Waals surface area contributed by atoms with E-state index in [2.05, 4.69) is 21.0 Å². The van der Waals surface area contributed by atoms with Crippen molar-refractivity contribution in [1.29, 1.82) is 0 Å². The molecule has 0 saturated heterocycles. The van der Waals surface area contributed by atoms with Gasteiger partial charge in [-0.05, 0) is 101 Å². The number of aromatic nitrogens is 2. The molecule has 4 saturated carbocycles. The van der Waals surface area contributed by atoms with Crippen LogP contribution in [-0.2, 0) is 10.3 Å². The topological polar surface area (TPSA) is 132 Å². The second-order valence-electron chi connectivity index (χ2n) is 13.0. The highest BCUT2D eigenvalue weighted by molar-refractivity contribution is 9.10. The fourth-order valence-electron chi connectivity index (χ4n) is 8.99. The first-order valence-electron chi connectivity index (χ1n) is 14.7. The Hall–Kier alpha value is -3.93. The van der Waals surface area contributed by atoms with Gasteiger partial charge in [0.15, 0.2) is 11.5 Å². The molecular weight excluding hydrogens is 618 g/mol. The normalized spacial score (nSPS) is 30.1. The Morgan fingerprint density at radius 3 is 2.63 bits per heavy atom. The number of hydrazone groups is 1. The summed E-state index contributed by atoms with van der Waals surface area (Å²) in [5, 5.41) is 33.3. The van der Waals surface area contributed by atoms with Crippen molar-refractivity contribution in [3.05, 3.63) is 74.4 Å². The number of benzene rings is 2. The van der Waals surface area contributed by atoms with E-state index >= 15 is 0 Å². The van der Waals surface area contributed by atoms with Crippen LogP contribution in [0.25, 0.3) is 0 Å². The lowest BCUT2D eigenvalue weighted by Gasteiger charge is -2.61. The first-order valence-corrected chi connectivity index (χ1v) is 15.5. The molecule has 4 fully saturated rings. The molecular formula is C31H30BrN5O6. The van der Waals surface area contributed by atoms with Gasteiger partial charge in [-0.15, -0.1) is 0 Å². The van der Waals surface area contributed by atoms with E-state index in [0.717, 1.165) is 49.8 Å². The predicted octanol–water partition coefficient (Wildman–Crippen LogP) is 6.05.